The van der Waals surface area contributed by atoms with E-state index in [1.807, 2.05) is 0 Å². The first-order valence-corrected chi connectivity index (χ1v) is 20.1. The molecule has 2 aliphatic rings. The molecule has 0 aromatic rings. The van der Waals surface area contributed by atoms with Gasteiger partial charge in [0.15, 0.2) is 12.1 Å². The highest BCUT2D eigenvalue weighted by Crippen LogP contribution is 2.21. The number of nitrogens with two attached hydrogens (primary N) is 1. The fourth-order valence-corrected chi connectivity index (χ4v) is 5.95. The van der Waals surface area contributed by atoms with Crippen LogP contribution in [0.25, 0.3) is 0 Å². The number of rotatable bonds is 30. The Hall–Kier alpha value is -3.56. The van der Waals surface area contributed by atoms with E-state index < -0.39 is 60.9 Å². The molecule has 1 saturated heterocycles. The topological polar surface area (TPSA) is 277 Å². The number of aliphatic hydroxyl groups excluding tert-OH is 3. The highest BCUT2D eigenvalue weighted by Gasteiger charge is 2.43. The van der Waals surface area contributed by atoms with Gasteiger partial charge < -0.3 is 61.3 Å². The number of hydrogen-bond acceptors (Lipinski definition) is 14. The lowest BCUT2D eigenvalue weighted by Crippen LogP contribution is -2.62. The number of unbranched alkanes of at least 4 members (excludes halogenated alkanes) is 5. The van der Waals surface area contributed by atoms with Gasteiger partial charge in [0.1, 0.15) is 24.4 Å². The number of aliphatic hydroxyl groups is 3. The second-order valence-corrected chi connectivity index (χ2v) is 14.5. The Morgan fingerprint density at radius 1 is 0.807 bits per heavy atom. The molecule has 9 N–H and O–H groups in total. The van der Waals surface area contributed by atoms with E-state index in [1.165, 1.54) is 12.2 Å². The van der Waals surface area contributed by atoms with Gasteiger partial charge in [0, 0.05) is 64.2 Å². The van der Waals surface area contributed by atoms with E-state index in [0.29, 0.717) is 45.1 Å². The third-order valence-corrected chi connectivity index (χ3v) is 9.35. The van der Waals surface area contributed by atoms with Crippen molar-refractivity contribution >= 4 is 35.4 Å². The van der Waals surface area contributed by atoms with Crippen LogP contribution in [0.3, 0.4) is 0 Å². The zero-order valence-corrected chi connectivity index (χ0v) is 33.7. The van der Waals surface area contributed by atoms with Gasteiger partial charge in [0.25, 0.3) is 11.8 Å². The number of amides is 6. The van der Waals surface area contributed by atoms with E-state index in [2.05, 4.69) is 28.2 Å². The van der Waals surface area contributed by atoms with E-state index in [1.54, 1.807) is 13.8 Å². The predicted octanol–water partition coefficient (Wildman–Crippen LogP) is -1.00. The summed E-state index contributed by atoms with van der Waals surface area (Å²) in [6.07, 6.45) is 4.36. The molecule has 0 spiro atoms. The monoisotopic (exact) mass is 814 g/mol. The molecule has 1 fully saturated rings. The van der Waals surface area contributed by atoms with Gasteiger partial charge in [0.2, 0.25) is 23.6 Å². The van der Waals surface area contributed by atoms with Crippen molar-refractivity contribution in [2.45, 2.75) is 140 Å². The minimum atomic E-state index is -1.32. The van der Waals surface area contributed by atoms with Crippen molar-refractivity contribution < 1.29 is 63.0 Å². The molecule has 0 aromatic heterocycles. The van der Waals surface area contributed by atoms with Crippen LogP contribution in [0.15, 0.2) is 12.2 Å². The molecule has 6 atom stereocenters. The number of nitrogens with zero attached hydrogens (tertiary/aromatic N) is 1. The maximum absolute atomic E-state index is 12.9. The average molecular weight is 815 g/mol. The fourth-order valence-electron chi connectivity index (χ4n) is 5.95. The van der Waals surface area contributed by atoms with E-state index in [9.17, 15) is 44.1 Å². The highest BCUT2D eigenvalue weighted by atomic mass is 16.7. The van der Waals surface area contributed by atoms with Crippen LogP contribution in [-0.4, -0.2) is 151 Å². The molecule has 2 rings (SSSR count). The van der Waals surface area contributed by atoms with Crippen LogP contribution in [0.1, 0.15) is 97.8 Å². The van der Waals surface area contributed by atoms with Gasteiger partial charge in [-0.25, -0.2) is 0 Å². The van der Waals surface area contributed by atoms with Crippen LogP contribution in [0.5, 0.6) is 0 Å². The first-order chi connectivity index (χ1) is 27.2. The molecule has 19 nitrogen and oxygen atoms in total. The molecule has 2 unspecified atom stereocenters. The zero-order valence-electron chi connectivity index (χ0n) is 33.7. The molecular formula is C38H66N6O13. The Bertz CT molecular complexity index is 1280. The quantitative estimate of drug-likeness (QED) is 0.0246. The summed E-state index contributed by atoms with van der Waals surface area (Å²) < 4.78 is 22.4. The minimum Gasteiger partial charge on any atom is -0.394 e. The molecule has 0 radical (unpaired) electrons. The van der Waals surface area contributed by atoms with Crippen molar-refractivity contribution in [3.63, 3.8) is 0 Å². The molecule has 2 aliphatic heterocycles. The Labute approximate surface area is 335 Å². The smallest absolute Gasteiger partial charge is 0.253 e. The van der Waals surface area contributed by atoms with Crippen LogP contribution in [0.2, 0.25) is 0 Å². The largest absolute Gasteiger partial charge is 0.394 e. The van der Waals surface area contributed by atoms with Crippen molar-refractivity contribution in [2.24, 2.45) is 5.73 Å². The summed E-state index contributed by atoms with van der Waals surface area (Å²) in [5.41, 5.74) is 5.88. The molecule has 2 heterocycles. The lowest BCUT2D eigenvalue weighted by molar-refractivity contribution is -0.265. The van der Waals surface area contributed by atoms with Crippen molar-refractivity contribution in [1.29, 1.82) is 0 Å². The lowest BCUT2D eigenvalue weighted by atomic mass is 9.98. The lowest BCUT2D eigenvalue weighted by Gasteiger charge is -2.40. The van der Waals surface area contributed by atoms with Gasteiger partial charge in [-0.15, -0.1) is 0 Å². The summed E-state index contributed by atoms with van der Waals surface area (Å²) in [7, 11) is 0. The Balaban J connectivity index is 1.53. The third kappa shape index (κ3) is 19.6. The van der Waals surface area contributed by atoms with Crippen LogP contribution >= 0.6 is 0 Å². The number of carbonyl (C=O) groups is 6. The van der Waals surface area contributed by atoms with Crippen LogP contribution in [-0.2, 0) is 47.7 Å². The minimum absolute atomic E-state index is 0.00616. The number of imide groups is 1. The van der Waals surface area contributed by atoms with E-state index in [4.69, 9.17) is 24.7 Å². The summed E-state index contributed by atoms with van der Waals surface area (Å²) in [6, 6.07) is -1.65. The summed E-state index contributed by atoms with van der Waals surface area (Å²) in [5, 5.41) is 40.5. The maximum atomic E-state index is 12.9. The first kappa shape index (κ1) is 49.6. The molecular weight excluding hydrogens is 748 g/mol. The molecule has 0 aromatic carbocycles. The summed E-state index contributed by atoms with van der Waals surface area (Å²) >= 11 is 0. The van der Waals surface area contributed by atoms with Crippen LogP contribution in [0, 0.1) is 0 Å². The summed E-state index contributed by atoms with van der Waals surface area (Å²) in [5.74, 6) is -2.77. The predicted molar refractivity (Wildman–Crippen MR) is 206 cm³/mol. The SMILES string of the molecule is CCCCC[C@H](NC(=O)CCCCOC1OC(CO)[C@H](O)[C@H](O)[C@@H]1N)C(=O)NCCCCCC(=O)NCCOC(C)(C)OCCNC(=O)CCN1C(=O)C=CC1=O. The maximum Gasteiger partial charge on any atom is 0.253 e. The first-order valence-electron chi connectivity index (χ1n) is 20.1. The molecule has 326 valence electrons. The van der Waals surface area contributed by atoms with E-state index >= 15 is 0 Å². The molecule has 0 bridgehead atoms. The Morgan fingerprint density at radius 2 is 1.42 bits per heavy atom. The van der Waals surface area contributed by atoms with Gasteiger partial charge in [-0.1, -0.05) is 32.6 Å². The summed E-state index contributed by atoms with van der Waals surface area (Å²) in [4.78, 5) is 74.0. The van der Waals surface area contributed by atoms with Gasteiger partial charge >= 0.3 is 0 Å². The molecule has 0 aliphatic carbocycles. The van der Waals surface area contributed by atoms with Gasteiger partial charge in [0.05, 0.1) is 25.9 Å². The second kappa shape index (κ2) is 27.2. The standard InChI is InChI=1S/C38H66N6O13/c1-4-5-7-12-26(43-30(48)14-9-11-22-54-37-33(39)35(52)34(51)27(25-45)57-37)36(53)42-18-10-6-8-13-28(46)40-19-23-55-38(2,3)56-24-20-41-29(47)17-21-44-31(49)15-16-32(44)50/h15-16,26-27,33-35,37,45,51-52H,4-14,17-25,39H2,1-3H3,(H,40,46)(H,41,47)(H,42,53)(H,43,48)/t26-,27?,33-,34-,35+,37?/m0/s1. The Morgan fingerprint density at radius 3 is 2.05 bits per heavy atom. The highest BCUT2D eigenvalue weighted by molar-refractivity contribution is 6.13. The van der Waals surface area contributed by atoms with E-state index in [-0.39, 0.29) is 75.9 Å². The van der Waals surface area contributed by atoms with Crippen molar-refractivity contribution in [3.8, 4) is 0 Å². The Kier molecular flexibility index (Phi) is 23.7. The number of carbonyl (C=O) groups excluding carboxylic acids is 6. The molecule has 6 amide bonds. The number of nitrogens with one attached hydrogen (secondary N) is 4. The second-order valence-electron chi connectivity index (χ2n) is 14.5. The van der Waals surface area contributed by atoms with Crippen LogP contribution in [0.4, 0.5) is 0 Å². The van der Waals surface area contributed by atoms with Crippen molar-refractivity contribution in [2.75, 3.05) is 52.6 Å². The number of ether oxygens (including phenoxy) is 4. The van der Waals surface area contributed by atoms with Crippen molar-refractivity contribution in [3.05, 3.63) is 12.2 Å². The van der Waals surface area contributed by atoms with Crippen molar-refractivity contribution in [1.82, 2.24) is 26.2 Å². The van der Waals surface area contributed by atoms with E-state index in [0.717, 1.165) is 30.6 Å². The summed E-state index contributed by atoms with van der Waals surface area (Å²) in [6.45, 7) is 6.47. The molecule has 57 heavy (non-hydrogen) atoms. The third-order valence-electron chi connectivity index (χ3n) is 9.35. The fraction of sp³-hybridized carbons (Fsp3) is 0.789. The van der Waals surface area contributed by atoms with Gasteiger partial charge in [-0.2, -0.15) is 0 Å². The molecule has 0 saturated carbocycles. The zero-order chi connectivity index (χ0) is 42.2. The molecule has 19 heteroatoms. The number of hydrogen-bond donors (Lipinski definition) is 8. The average Bonchev–Trinajstić information content (AvgIpc) is 3.50. The van der Waals surface area contributed by atoms with Crippen LogP contribution < -0.4 is 27.0 Å². The normalized spacial score (nSPS) is 21.4. The van der Waals surface area contributed by atoms with Gasteiger partial charge in [-0.05, 0) is 46.0 Å². The van der Waals surface area contributed by atoms with Gasteiger partial charge in [-0.3, -0.25) is 33.7 Å².